The van der Waals surface area contributed by atoms with Crippen molar-refractivity contribution in [2.75, 3.05) is 45.1 Å². The van der Waals surface area contributed by atoms with Crippen LogP contribution in [0.15, 0.2) is 48.5 Å². The fourth-order valence-corrected chi connectivity index (χ4v) is 3.50. The lowest BCUT2D eigenvalue weighted by Crippen LogP contribution is -2.38. The third kappa shape index (κ3) is 4.46. The summed E-state index contributed by atoms with van der Waals surface area (Å²) in [6.45, 7) is 0. The van der Waals surface area contributed by atoms with E-state index in [2.05, 4.69) is 63.6 Å². The van der Waals surface area contributed by atoms with E-state index in [1.54, 1.807) is 7.11 Å². The molecule has 0 spiro atoms. The molecule has 0 radical (unpaired) electrons. The van der Waals surface area contributed by atoms with E-state index >= 15 is 0 Å². The summed E-state index contributed by atoms with van der Waals surface area (Å²) in [4.78, 5) is 22.3. The average Bonchev–Trinajstić information content (AvgIpc) is 2.96. The third-order valence-corrected chi connectivity index (χ3v) is 5.16. The molecular weight excluding hydrogens is 352 g/mol. The summed E-state index contributed by atoms with van der Waals surface area (Å²) in [6, 6.07) is 16.4. The smallest absolute Gasteiger partial charge is 0.265 e. The van der Waals surface area contributed by atoms with Crippen LogP contribution in [0, 0.1) is 0 Å². The molecule has 6 heteroatoms. The van der Waals surface area contributed by atoms with Crippen LogP contribution in [-0.2, 0) is 22.5 Å². The lowest BCUT2D eigenvalue weighted by Gasteiger charge is -2.21. The van der Waals surface area contributed by atoms with Crippen molar-refractivity contribution >= 4 is 17.3 Å². The predicted octanol–water partition coefficient (Wildman–Crippen LogP) is 2.29. The molecule has 1 fully saturated rings. The fraction of sp³-hybridized carbons (Fsp3) is 0.409. The van der Waals surface area contributed by atoms with Crippen molar-refractivity contribution in [1.82, 2.24) is 10.4 Å². The van der Waals surface area contributed by atoms with E-state index in [1.807, 2.05) is 28.2 Å². The highest BCUT2D eigenvalue weighted by molar-refractivity contribution is 5.83. The van der Waals surface area contributed by atoms with Gasteiger partial charge in [-0.15, -0.1) is 0 Å². The van der Waals surface area contributed by atoms with E-state index in [0.717, 1.165) is 22.5 Å². The number of nitrogens with one attached hydrogen (secondary N) is 1. The normalized spacial score (nSPS) is 19.2. The lowest BCUT2D eigenvalue weighted by molar-refractivity contribution is -0.178. The highest BCUT2D eigenvalue weighted by atomic mass is 16.7. The molecule has 2 aromatic rings. The molecule has 28 heavy (non-hydrogen) atoms. The van der Waals surface area contributed by atoms with Gasteiger partial charge in [-0.05, 0) is 41.8 Å². The van der Waals surface area contributed by atoms with Gasteiger partial charge in [0, 0.05) is 46.0 Å². The maximum Gasteiger partial charge on any atom is 0.265 e. The van der Waals surface area contributed by atoms with Crippen LogP contribution in [0.1, 0.15) is 11.1 Å². The Morgan fingerprint density at radius 2 is 1.32 bits per heavy atom. The van der Waals surface area contributed by atoms with E-state index < -0.39 is 0 Å². The van der Waals surface area contributed by atoms with Gasteiger partial charge >= 0.3 is 0 Å². The summed E-state index contributed by atoms with van der Waals surface area (Å²) in [5, 5.41) is 4.91. The maximum absolute atomic E-state index is 12.8. The molecule has 0 unspecified atom stereocenters. The SMILES string of the molecule is CON1C(=O)[C@H](Cc2ccc(N(C)C)cc2)N[C@H]1Cc1ccc(N(C)C)cc1. The van der Waals surface area contributed by atoms with Crippen LogP contribution in [0.4, 0.5) is 11.4 Å². The van der Waals surface area contributed by atoms with Crippen molar-refractivity contribution in [1.29, 1.82) is 0 Å². The Morgan fingerprint density at radius 3 is 1.75 bits per heavy atom. The van der Waals surface area contributed by atoms with E-state index in [0.29, 0.717) is 12.8 Å². The zero-order valence-electron chi connectivity index (χ0n) is 17.3. The van der Waals surface area contributed by atoms with Gasteiger partial charge in [-0.2, -0.15) is 0 Å². The van der Waals surface area contributed by atoms with Crippen molar-refractivity contribution in [3.8, 4) is 0 Å². The van der Waals surface area contributed by atoms with E-state index in [9.17, 15) is 4.79 Å². The number of hydrogen-bond acceptors (Lipinski definition) is 5. The van der Waals surface area contributed by atoms with Gasteiger partial charge < -0.3 is 9.80 Å². The van der Waals surface area contributed by atoms with Crippen LogP contribution < -0.4 is 15.1 Å². The largest absolute Gasteiger partial charge is 0.378 e. The zero-order valence-corrected chi connectivity index (χ0v) is 17.3. The quantitative estimate of drug-likeness (QED) is 0.796. The number of rotatable bonds is 7. The van der Waals surface area contributed by atoms with Gasteiger partial charge in [0.15, 0.2) is 0 Å². The van der Waals surface area contributed by atoms with Crippen molar-refractivity contribution in [3.63, 3.8) is 0 Å². The maximum atomic E-state index is 12.8. The number of carbonyl (C=O) groups is 1. The number of amides is 1. The minimum Gasteiger partial charge on any atom is -0.378 e. The molecule has 1 aliphatic rings. The number of benzene rings is 2. The number of carbonyl (C=O) groups excluding carboxylic acids is 1. The molecule has 1 heterocycles. The molecular formula is C22H30N4O2. The van der Waals surface area contributed by atoms with Crippen LogP contribution in [0.2, 0.25) is 0 Å². The molecule has 0 bridgehead atoms. The van der Waals surface area contributed by atoms with Gasteiger partial charge in [-0.25, -0.2) is 5.06 Å². The first-order chi connectivity index (χ1) is 13.4. The molecule has 1 amide bonds. The first-order valence-corrected chi connectivity index (χ1v) is 9.55. The third-order valence-electron chi connectivity index (χ3n) is 5.16. The van der Waals surface area contributed by atoms with Gasteiger partial charge in [0.25, 0.3) is 5.91 Å². The monoisotopic (exact) mass is 382 g/mol. The average molecular weight is 383 g/mol. The molecule has 1 aliphatic heterocycles. The molecule has 1 saturated heterocycles. The van der Waals surface area contributed by atoms with Gasteiger partial charge in [0.1, 0.15) is 6.17 Å². The van der Waals surface area contributed by atoms with Crippen LogP contribution in [0.5, 0.6) is 0 Å². The first kappa shape index (κ1) is 20.2. The molecule has 2 aromatic carbocycles. The molecule has 0 saturated carbocycles. The van der Waals surface area contributed by atoms with Gasteiger partial charge in [-0.1, -0.05) is 24.3 Å². The second-order valence-corrected chi connectivity index (χ2v) is 7.61. The van der Waals surface area contributed by atoms with Crippen LogP contribution in [-0.4, -0.2) is 58.5 Å². The van der Waals surface area contributed by atoms with Crippen LogP contribution in [0.25, 0.3) is 0 Å². The van der Waals surface area contributed by atoms with E-state index in [-0.39, 0.29) is 18.1 Å². The Hall–Kier alpha value is -2.57. The van der Waals surface area contributed by atoms with Crippen molar-refractivity contribution in [2.24, 2.45) is 0 Å². The Morgan fingerprint density at radius 1 is 0.857 bits per heavy atom. The van der Waals surface area contributed by atoms with Crippen molar-refractivity contribution < 1.29 is 9.63 Å². The summed E-state index contributed by atoms with van der Waals surface area (Å²) < 4.78 is 0. The Balaban J connectivity index is 1.67. The van der Waals surface area contributed by atoms with Crippen molar-refractivity contribution in [2.45, 2.75) is 25.0 Å². The first-order valence-electron chi connectivity index (χ1n) is 9.55. The zero-order chi connectivity index (χ0) is 20.3. The summed E-state index contributed by atoms with van der Waals surface area (Å²) in [5.74, 6) is -0.0194. The molecule has 3 rings (SSSR count). The summed E-state index contributed by atoms with van der Waals surface area (Å²) >= 11 is 0. The minimum atomic E-state index is -0.281. The number of hydrogen-bond donors (Lipinski definition) is 1. The van der Waals surface area contributed by atoms with E-state index in [4.69, 9.17) is 4.84 Å². The highest BCUT2D eigenvalue weighted by Gasteiger charge is 2.39. The molecule has 2 atom stereocenters. The predicted molar refractivity (Wildman–Crippen MR) is 114 cm³/mol. The van der Waals surface area contributed by atoms with Gasteiger partial charge in [0.2, 0.25) is 0 Å². The summed E-state index contributed by atoms with van der Waals surface area (Å²) in [5.41, 5.74) is 4.59. The van der Waals surface area contributed by atoms with Crippen molar-refractivity contribution in [3.05, 3.63) is 59.7 Å². The van der Waals surface area contributed by atoms with E-state index in [1.165, 1.54) is 5.06 Å². The molecule has 0 aliphatic carbocycles. The standard InChI is InChI=1S/C22H30N4O2/c1-24(2)18-10-6-16(7-11-18)14-20-22(27)26(28-5)21(23-20)15-17-8-12-19(13-9-17)25(3)4/h6-13,20-21,23H,14-15H2,1-5H3/t20-,21+/m0/s1. The summed E-state index contributed by atoms with van der Waals surface area (Å²) in [6.07, 6.45) is 1.17. The number of nitrogens with zero attached hydrogens (tertiary/aromatic N) is 3. The fourth-order valence-electron chi connectivity index (χ4n) is 3.50. The highest BCUT2D eigenvalue weighted by Crippen LogP contribution is 2.21. The second kappa shape index (κ2) is 8.63. The Labute approximate surface area is 167 Å². The number of anilines is 2. The number of hydroxylamine groups is 2. The topological polar surface area (TPSA) is 48.1 Å². The van der Waals surface area contributed by atoms with Gasteiger partial charge in [-0.3, -0.25) is 14.9 Å². The minimum absolute atomic E-state index is 0.0194. The summed E-state index contributed by atoms with van der Waals surface area (Å²) in [7, 11) is 9.63. The van der Waals surface area contributed by atoms with Crippen LogP contribution >= 0.6 is 0 Å². The molecule has 6 nitrogen and oxygen atoms in total. The lowest BCUT2D eigenvalue weighted by atomic mass is 10.1. The van der Waals surface area contributed by atoms with Gasteiger partial charge in [0.05, 0.1) is 13.2 Å². The molecule has 1 N–H and O–H groups in total. The second-order valence-electron chi connectivity index (χ2n) is 7.61. The molecule has 0 aromatic heterocycles. The molecule has 150 valence electrons. The Kier molecular flexibility index (Phi) is 6.21. The Bertz CT molecular complexity index is 787. The van der Waals surface area contributed by atoms with Crippen LogP contribution in [0.3, 0.4) is 0 Å².